The Hall–Kier alpha value is -2.05. The van der Waals surface area contributed by atoms with Gasteiger partial charge < -0.3 is 4.40 Å². The zero-order chi connectivity index (χ0) is 15.7. The number of rotatable bonds is 4. The molecule has 1 aromatic carbocycles. The lowest BCUT2D eigenvalue weighted by molar-refractivity contribution is 0.600. The van der Waals surface area contributed by atoms with Gasteiger partial charge in [-0.25, -0.2) is 13.4 Å². The molecule has 0 atom stereocenters. The summed E-state index contributed by atoms with van der Waals surface area (Å²) >= 11 is 5.80. The molecule has 0 radical (unpaired) electrons. The van der Waals surface area contributed by atoms with Crippen molar-refractivity contribution in [3.8, 4) is 0 Å². The lowest BCUT2D eigenvalue weighted by Crippen LogP contribution is -2.15. The fourth-order valence-corrected chi connectivity index (χ4v) is 3.54. The Morgan fingerprint density at radius 1 is 1.23 bits per heavy atom. The van der Waals surface area contributed by atoms with Crippen molar-refractivity contribution >= 4 is 33.0 Å². The average molecular weight is 336 g/mol. The van der Waals surface area contributed by atoms with E-state index in [9.17, 15) is 8.42 Å². The first-order valence-electron chi connectivity index (χ1n) is 6.62. The zero-order valence-corrected chi connectivity index (χ0v) is 13.4. The van der Waals surface area contributed by atoms with Crippen LogP contribution in [0.4, 0.5) is 5.69 Å². The van der Waals surface area contributed by atoms with Gasteiger partial charge in [0.1, 0.15) is 0 Å². The number of anilines is 1. The van der Waals surface area contributed by atoms with Crippen LogP contribution in [0.15, 0.2) is 48.8 Å². The van der Waals surface area contributed by atoms with Gasteiger partial charge in [-0.15, -0.1) is 0 Å². The summed E-state index contributed by atoms with van der Waals surface area (Å²) in [7, 11) is -3.53. The quantitative estimate of drug-likeness (QED) is 0.796. The first kappa shape index (κ1) is 14.9. The number of sulfonamides is 1. The molecule has 3 rings (SSSR count). The third-order valence-electron chi connectivity index (χ3n) is 3.14. The number of hydrogen-bond donors (Lipinski definition) is 1. The van der Waals surface area contributed by atoms with Crippen molar-refractivity contribution in [3.63, 3.8) is 0 Å². The predicted molar refractivity (Wildman–Crippen MR) is 87.6 cm³/mol. The molecule has 0 aliphatic carbocycles. The van der Waals surface area contributed by atoms with E-state index in [0.717, 1.165) is 5.69 Å². The van der Waals surface area contributed by atoms with Crippen LogP contribution in [0.2, 0.25) is 5.02 Å². The Balaban J connectivity index is 1.88. The molecule has 0 saturated carbocycles. The Morgan fingerprint density at radius 3 is 2.68 bits per heavy atom. The van der Waals surface area contributed by atoms with Gasteiger partial charge in [-0.05, 0) is 36.8 Å². The predicted octanol–water partition coefficient (Wildman–Crippen LogP) is 3.24. The molecule has 1 N–H and O–H groups in total. The summed E-state index contributed by atoms with van der Waals surface area (Å²) in [5.41, 5.74) is 2.54. The van der Waals surface area contributed by atoms with Crippen molar-refractivity contribution in [1.29, 1.82) is 0 Å². The highest BCUT2D eigenvalue weighted by atomic mass is 35.5. The third kappa shape index (κ3) is 3.23. The molecule has 7 heteroatoms. The van der Waals surface area contributed by atoms with Crippen LogP contribution < -0.4 is 4.72 Å². The number of hydrogen-bond acceptors (Lipinski definition) is 3. The van der Waals surface area contributed by atoms with Gasteiger partial charge in [0.05, 0.1) is 17.1 Å². The molecule has 114 valence electrons. The maximum Gasteiger partial charge on any atom is 0.237 e. The number of aromatic nitrogens is 2. The first-order valence-corrected chi connectivity index (χ1v) is 8.65. The maximum atomic E-state index is 12.3. The monoisotopic (exact) mass is 335 g/mol. The summed E-state index contributed by atoms with van der Waals surface area (Å²) in [4.78, 5) is 4.33. The second-order valence-corrected chi connectivity index (χ2v) is 7.18. The molecule has 22 heavy (non-hydrogen) atoms. The molecule has 0 spiro atoms. The Bertz CT molecular complexity index is 918. The van der Waals surface area contributed by atoms with Crippen LogP contribution >= 0.6 is 11.6 Å². The molecule has 0 unspecified atom stereocenters. The first-order chi connectivity index (χ1) is 10.4. The minimum atomic E-state index is -3.53. The van der Waals surface area contributed by atoms with Crippen molar-refractivity contribution in [2.75, 3.05) is 4.72 Å². The highest BCUT2D eigenvalue weighted by Gasteiger charge is 2.14. The third-order valence-corrected chi connectivity index (χ3v) is 4.63. The van der Waals surface area contributed by atoms with Gasteiger partial charge in [0.2, 0.25) is 10.0 Å². The summed E-state index contributed by atoms with van der Waals surface area (Å²) in [6.07, 6.45) is 3.67. The molecule has 0 aliphatic rings. The van der Waals surface area contributed by atoms with E-state index in [0.29, 0.717) is 21.9 Å². The largest absolute Gasteiger partial charge is 0.305 e. The molecule has 2 heterocycles. The van der Waals surface area contributed by atoms with Crippen LogP contribution in [0.1, 0.15) is 11.3 Å². The SMILES string of the molecule is Cc1cn2cccc(NS(=O)(=O)Cc3ccc(Cl)cc3)c2n1. The van der Waals surface area contributed by atoms with E-state index in [1.54, 1.807) is 40.8 Å². The number of fused-ring (bicyclic) bond motifs is 1. The van der Waals surface area contributed by atoms with Crippen molar-refractivity contribution in [1.82, 2.24) is 9.38 Å². The standard InChI is InChI=1S/C15H14ClN3O2S/c1-11-9-19-8-2-3-14(15(19)17-11)18-22(20,21)10-12-4-6-13(16)7-5-12/h2-9,18H,10H2,1H3. The number of nitrogens with one attached hydrogen (secondary N) is 1. The number of benzene rings is 1. The minimum absolute atomic E-state index is 0.120. The molecule has 3 aromatic rings. The van der Waals surface area contributed by atoms with Crippen molar-refractivity contribution < 1.29 is 8.42 Å². The molecule has 0 aliphatic heterocycles. The zero-order valence-electron chi connectivity index (χ0n) is 11.8. The van der Waals surface area contributed by atoms with Gasteiger partial charge in [0.15, 0.2) is 5.65 Å². The average Bonchev–Trinajstić information content (AvgIpc) is 2.82. The van der Waals surface area contributed by atoms with Crippen LogP contribution in [0.25, 0.3) is 5.65 Å². The van der Waals surface area contributed by atoms with Gasteiger partial charge >= 0.3 is 0 Å². The summed E-state index contributed by atoms with van der Waals surface area (Å²) in [6.45, 7) is 1.86. The molecule has 5 nitrogen and oxygen atoms in total. The summed E-state index contributed by atoms with van der Waals surface area (Å²) in [6, 6.07) is 10.2. The van der Waals surface area contributed by atoms with E-state index in [-0.39, 0.29) is 5.75 Å². The van der Waals surface area contributed by atoms with Gasteiger partial charge in [0.25, 0.3) is 0 Å². The van der Waals surface area contributed by atoms with E-state index < -0.39 is 10.0 Å². The van der Waals surface area contributed by atoms with Gasteiger partial charge in [-0.2, -0.15) is 0 Å². The second-order valence-electron chi connectivity index (χ2n) is 5.02. The van der Waals surface area contributed by atoms with E-state index in [4.69, 9.17) is 11.6 Å². The topological polar surface area (TPSA) is 63.5 Å². The van der Waals surface area contributed by atoms with Gasteiger partial charge in [0, 0.05) is 17.4 Å². The second kappa shape index (κ2) is 5.62. The highest BCUT2D eigenvalue weighted by Crippen LogP contribution is 2.19. The number of imidazole rings is 1. The maximum absolute atomic E-state index is 12.3. The normalized spacial score (nSPS) is 11.7. The van der Waals surface area contributed by atoms with E-state index >= 15 is 0 Å². The Morgan fingerprint density at radius 2 is 1.95 bits per heavy atom. The molecule has 0 fully saturated rings. The summed E-state index contributed by atoms with van der Waals surface area (Å²) in [5, 5.41) is 0.576. The van der Waals surface area contributed by atoms with Crippen LogP contribution in [0.5, 0.6) is 0 Å². The van der Waals surface area contributed by atoms with Crippen LogP contribution in [0, 0.1) is 6.92 Å². The molecular weight excluding hydrogens is 322 g/mol. The fourth-order valence-electron chi connectivity index (χ4n) is 2.22. The summed E-state index contributed by atoms with van der Waals surface area (Å²) in [5.74, 6) is -0.120. The van der Waals surface area contributed by atoms with Crippen molar-refractivity contribution in [3.05, 3.63) is 65.1 Å². The van der Waals surface area contributed by atoms with Crippen molar-refractivity contribution in [2.45, 2.75) is 12.7 Å². The van der Waals surface area contributed by atoms with Gasteiger partial charge in [-0.1, -0.05) is 23.7 Å². The van der Waals surface area contributed by atoms with Crippen LogP contribution in [-0.4, -0.2) is 17.8 Å². The highest BCUT2D eigenvalue weighted by molar-refractivity contribution is 7.91. The fraction of sp³-hybridized carbons (Fsp3) is 0.133. The Labute approximate surface area is 133 Å². The van der Waals surface area contributed by atoms with E-state index in [1.807, 2.05) is 19.3 Å². The molecule has 0 bridgehead atoms. The Kier molecular flexibility index (Phi) is 3.80. The molecule has 0 amide bonds. The lowest BCUT2D eigenvalue weighted by atomic mass is 10.2. The van der Waals surface area contributed by atoms with Crippen LogP contribution in [-0.2, 0) is 15.8 Å². The van der Waals surface area contributed by atoms with Crippen LogP contribution in [0.3, 0.4) is 0 Å². The number of nitrogens with zero attached hydrogens (tertiary/aromatic N) is 2. The minimum Gasteiger partial charge on any atom is -0.305 e. The number of pyridine rings is 1. The number of aryl methyl sites for hydroxylation is 1. The smallest absolute Gasteiger partial charge is 0.237 e. The van der Waals surface area contributed by atoms with E-state index in [2.05, 4.69) is 9.71 Å². The molecule has 0 saturated heterocycles. The molecule has 2 aromatic heterocycles. The molecular formula is C15H14ClN3O2S. The van der Waals surface area contributed by atoms with E-state index in [1.165, 1.54) is 0 Å². The summed E-state index contributed by atoms with van der Waals surface area (Å²) < 4.78 is 29.0. The lowest BCUT2D eigenvalue weighted by Gasteiger charge is -2.09. The number of halogens is 1. The van der Waals surface area contributed by atoms with Gasteiger partial charge in [-0.3, -0.25) is 4.72 Å². The van der Waals surface area contributed by atoms with Crippen molar-refractivity contribution in [2.24, 2.45) is 0 Å².